The lowest BCUT2D eigenvalue weighted by Crippen LogP contribution is -2.39. The van der Waals surface area contributed by atoms with E-state index in [4.69, 9.17) is 4.74 Å². The number of carbonyl (C=O) groups is 1. The molecule has 1 amide bonds. The monoisotopic (exact) mass is 479 g/mol. The number of carbonyl (C=O) groups excluding carboxylic acids is 1. The predicted molar refractivity (Wildman–Crippen MR) is 135 cm³/mol. The number of benzene rings is 3. The summed E-state index contributed by atoms with van der Waals surface area (Å²) < 4.78 is 33.2. The van der Waals surface area contributed by atoms with E-state index in [1.165, 1.54) is 0 Å². The topological polar surface area (TPSA) is 88.1 Å². The summed E-state index contributed by atoms with van der Waals surface area (Å²) in [6.07, 6.45) is 0. The van der Waals surface area contributed by atoms with Crippen molar-refractivity contribution < 1.29 is 17.9 Å². The number of rotatable bonds is 8. The maximum atomic E-state index is 13.5. The molecule has 178 valence electrons. The quantitative estimate of drug-likeness (QED) is 0.384. The fraction of sp³-hybridized carbons (Fsp3) is 0.231. The van der Waals surface area contributed by atoms with Crippen LogP contribution in [0.5, 0.6) is 5.75 Å². The van der Waals surface area contributed by atoms with E-state index in [1.807, 2.05) is 39.0 Å². The van der Waals surface area contributed by atoms with E-state index in [9.17, 15) is 13.2 Å². The number of nitrogens with zero attached hydrogens (tertiary/aromatic N) is 2. The Hall–Kier alpha value is -3.65. The Bertz CT molecular complexity index is 1300. The Labute approximate surface area is 201 Å². The molecule has 3 rings (SSSR count). The highest BCUT2D eigenvalue weighted by atomic mass is 32.2. The molecular weight excluding hydrogens is 450 g/mol. The maximum absolute atomic E-state index is 13.5. The van der Waals surface area contributed by atoms with E-state index >= 15 is 0 Å². The molecule has 0 heterocycles. The minimum absolute atomic E-state index is 0.113. The van der Waals surface area contributed by atoms with Gasteiger partial charge in [0.2, 0.25) is 0 Å². The molecule has 0 bridgehead atoms. The molecule has 0 aliphatic heterocycles. The molecule has 0 spiro atoms. The van der Waals surface area contributed by atoms with Crippen molar-refractivity contribution in [2.24, 2.45) is 5.10 Å². The first kappa shape index (κ1) is 25.0. The molecule has 0 saturated carbocycles. The van der Waals surface area contributed by atoms with Crippen molar-refractivity contribution in [1.82, 2.24) is 5.43 Å². The van der Waals surface area contributed by atoms with E-state index in [-0.39, 0.29) is 4.90 Å². The van der Waals surface area contributed by atoms with Crippen LogP contribution in [0.1, 0.15) is 29.2 Å². The third kappa shape index (κ3) is 5.82. The number of hydrazone groups is 1. The third-order valence-corrected chi connectivity index (χ3v) is 7.32. The van der Waals surface area contributed by atoms with Crippen molar-refractivity contribution >= 4 is 27.3 Å². The number of anilines is 1. The van der Waals surface area contributed by atoms with Crippen LogP contribution in [0.25, 0.3) is 0 Å². The van der Waals surface area contributed by atoms with Gasteiger partial charge >= 0.3 is 0 Å². The van der Waals surface area contributed by atoms with Gasteiger partial charge < -0.3 is 4.74 Å². The van der Waals surface area contributed by atoms with Crippen LogP contribution in [0.3, 0.4) is 0 Å². The number of methoxy groups -OCH3 is 1. The first-order valence-corrected chi connectivity index (χ1v) is 12.2. The molecule has 3 aromatic rings. The van der Waals surface area contributed by atoms with Gasteiger partial charge in [-0.2, -0.15) is 5.10 Å². The summed E-state index contributed by atoms with van der Waals surface area (Å²) in [6, 6.07) is 19.1. The molecule has 3 aromatic carbocycles. The Morgan fingerprint density at radius 2 is 1.59 bits per heavy atom. The summed E-state index contributed by atoms with van der Waals surface area (Å²) in [6.45, 7) is 7.07. The zero-order chi connectivity index (χ0) is 24.9. The van der Waals surface area contributed by atoms with Gasteiger partial charge in [0.15, 0.2) is 0 Å². The number of amides is 1. The number of ether oxygens (including phenoxy) is 1. The normalized spacial score (nSPS) is 11.7. The van der Waals surface area contributed by atoms with E-state index < -0.39 is 22.5 Å². The minimum Gasteiger partial charge on any atom is -0.497 e. The van der Waals surface area contributed by atoms with Crippen molar-refractivity contribution in [3.8, 4) is 5.75 Å². The first-order valence-electron chi connectivity index (χ1n) is 10.8. The van der Waals surface area contributed by atoms with E-state index in [2.05, 4.69) is 10.5 Å². The summed E-state index contributed by atoms with van der Waals surface area (Å²) in [5.74, 6) is 0.160. The summed E-state index contributed by atoms with van der Waals surface area (Å²) >= 11 is 0. The molecule has 0 aromatic heterocycles. The van der Waals surface area contributed by atoms with Gasteiger partial charge in [-0.25, -0.2) is 13.8 Å². The molecule has 0 aliphatic rings. The highest BCUT2D eigenvalue weighted by Crippen LogP contribution is 2.26. The van der Waals surface area contributed by atoms with E-state index in [0.29, 0.717) is 17.1 Å². The average Bonchev–Trinajstić information content (AvgIpc) is 2.83. The average molecular weight is 480 g/mol. The molecule has 0 atom stereocenters. The molecule has 7 nitrogen and oxygen atoms in total. The molecule has 0 aliphatic carbocycles. The minimum atomic E-state index is -3.98. The number of hydrogen-bond donors (Lipinski definition) is 1. The van der Waals surface area contributed by atoms with Crippen molar-refractivity contribution in [2.45, 2.75) is 32.6 Å². The second kappa shape index (κ2) is 10.5. The van der Waals surface area contributed by atoms with E-state index in [0.717, 1.165) is 26.6 Å². The molecule has 8 heteroatoms. The fourth-order valence-electron chi connectivity index (χ4n) is 3.24. The standard InChI is InChI=1S/C26H29N3O4S/c1-18-6-14-25(15-7-18)34(31,32)29(23-11-8-19(2)20(3)16-23)17-26(30)28-27-21(4)22-9-12-24(33-5)13-10-22/h6-16H,17H2,1-5H3,(H,28,30)/b27-21-. The largest absolute Gasteiger partial charge is 0.497 e. The lowest BCUT2D eigenvalue weighted by atomic mass is 10.1. The Kier molecular flexibility index (Phi) is 7.73. The number of sulfonamides is 1. The smallest absolute Gasteiger partial charge is 0.264 e. The van der Waals surface area contributed by atoms with Gasteiger partial charge in [0.05, 0.1) is 23.4 Å². The summed E-state index contributed by atoms with van der Waals surface area (Å²) in [4.78, 5) is 12.9. The van der Waals surface area contributed by atoms with Crippen molar-refractivity contribution in [2.75, 3.05) is 18.0 Å². The zero-order valence-corrected chi connectivity index (χ0v) is 20.8. The summed E-state index contributed by atoms with van der Waals surface area (Å²) in [7, 11) is -2.40. The lowest BCUT2D eigenvalue weighted by Gasteiger charge is -2.24. The van der Waals surface area contributed by atoms with Crippen LogP contribution < -0.4 is 14.5 Å². The van der Waals surface area contributed by atoms with Gasteiger partial charge in [-0.3, -0.25) is 9.10 Å². The number of nitrogens with one attached hydrogen (secondary N) is 1. The van der Waals surface area contributed by atoms with Gasteiger partial charge in [0.25, 0.3) is 15.9 Å². The Morgan fingerprint density at radius 1 is 0.941 bits per heavy atom. The first-order chi connectivity index (χ1) is 16.1. The number of hydrogen-bond acceptors (Lipinski definition) is 5. The van der Waals surface area contributed by atoms with Crippen LogP contribution in [-0.2, 0) is 14.8 Å². The molecule has 0 saturated heterocycles. The molecule has 34 heavy (non-hydrogen) atoms. The van der Waals surface area contributed by atoms with Gasteiger partial charge in [0, 0.05) is 0 Å². The van der Waals surface area contributed by atoms with Crippen LogP contribution in [0.2, 0.25) is 0 Å². The van der Waals surface area contributed by atoms with Crippen LogP contribution >= 0.6 is 0 Å². The molecule has 1 N–H and O–H groups in total. The van der Waals surface area contributed by atoms with Gasteiger partial charge in [-0.1, -0.05) is 23.8 Å². The second-order valence-electron chi connectivity index (χ2n) is 8.05. The predicted octanol–water partition coefficient (Wildman–Crippen LogP) is 4.36. The van der Waals surface area contributed by atoms with Crippen molar-refractivity contribution in [3.63, 3.8) is 0 Å². The highest BCUT2D eigenvalue weighted by molar-refractivity contribution is 7.92. The number of aryl methyl sites for hydroxylation is 3. The molecule has 0 unspecified atom stereocenters. The van der Waals surface area contributed by atoms with Crippen LogP contribution in [0, 0.1) is 20.8 Å². The zero-order valence-electron chi connectivity index (χ0n) is 20.0. The van der Waals surface area contributed by atoms with Gasteiger partial charge in [-0.05, 0) is 92.9 Å². The second-order valence-corrected chi connectivity index (χ2v) is 9.92. The Morgan fingerprint density at radius 3 is 2.18 bits per heavy atom. The lowest BCUT2D eigenvalue weighted by molar-refractivity contribution is -0.119. The van der Waals surface area contributed by atoms with Gasteiger partial charge in [0.1, 0.15) is 12.3 Å². The van der Waals surface area contributed by atoms with Crippen LogP contribution in [-0.4, -0.2) is 33.7 Å². The summed E-state index contributed by atoms with van der Waals surface area (Å²) in [5.41, 5.74) is 7.17. The van der Waals surface area contributed by atoms with Crippen molar-refractivity contribution in [3.05, 3.63) is 89.0 Å². The van der Waals surface area contributed by atoms with Gasteiger partial charge in [-0.15, -0.1) is 0 Å². The maximum Gasteiger partial charge on any atom is 0.264 e. The highest BCUT2D eigenvalue weighted by Gasteiger charge is 2.27. The third-order valence-electron chi connectivity index (χ3n) is 5.53. The fourth-order valence-corrected chi connectivity index (χ4v) is 4.65. The van der Waals surface area contributed by atoms with Crippen molar-refractivity contribution in [1.29, 1.82) is 0 Å². The molecule has 0 fully saturated rings. The summed E-state index contributed by atoms with van der Waals surface area (Å²) in [5, 5.41) is 4.15. The van der Waals surface area contributed by atoms with Crippen LogP contribution in [0.4, 0.5) is 5.69 Å². The molecule has 0 radical (unpaired) electrons. The SMILES string of the molecule is COc1ccc(/C(C)=N\NC(=O)CN(c2ccc(C)c(C)c2)S(=O)(=O)c2ccc(C)cc2)cc1. The molecular formula is C26H29N3O4S. The van der Waals surface area contributed by atoms with Crippen LogP contribution in [0.15, 0.2) is 76.7 Å². The van der Waals surface area contributed by atoms with E-state index in [1.54, 1.807) is 62.6 Å². The Balaban J connectivity index is 1.88.